The third-order valence-corrected chi connectivity index (χ3v) is 7.03. The highest BCUT2D eigenvalue weighted by atomic mass is 35.5. The van der Waals surface area contributed by atoms with E-state index in [4.69, 9.17) is 34.8 Å². The van der Waals surface area contributed by atoms with Crippen molar-refractivity contribution in [3.8, 4) is 11.1 Å². The van der Waals surface area contributed by atoms with E-state index in [1.165, 1.54) is 23.1 Å². The lowest BCUT2D eigenvalue weighted by Crippen LogP contribution is -2.10. The molecule has 0 saturated heterocycles. The fraction of sp³-hybridized carbons (Fsp3) is 0.0526. The molecule has 4 aromatic heterocycles. The number of benzene rings is 1. The van der Waals surface area contributed by atoms with E-state index >= 15 is 0 Å². The van der Waals surface area contributed by atoms with Gasteiger partial charge < -0.3 is 4.98 Å². The smallest absolute Gasteiger partial charge is 0.260 e. The third-order valence-electron chi connectivity index (χ3n) is 4.39. The van der Waals surface area contributed by atoms with Gasteiger partial charge in [-0.3, -0.25) is 9.20 Å². The topological polar surface area (TPSA) is 75.9 Å². The van der Waals surface area contributed by atoms with Gasteiger partial charge in [-0.1, -0.05) is 64.8 Å². The van der Waals surface area contributed by atoms with Gasteiger partial charge in [0, 0.05) is 27.7 Å². The van der Waals surface area contributed by atoms with Crippen molar-refractivity contribution in [2.75, 3.05) is 0 Å². The van der Waals surface area contributed by atoms with Gasteiger partial charge in [-0.05, 0) is 12.1 Å². The lowest BCUT2D eigenvalue weighted by Gasteiger charge is -2.04. The summed E-state index contributed by atoms with van der Waals surface area (Å²) in [6, 6.07) is 9.04. The number of nitrogens with zero attached hydrogens (tertiary/aromatic N) is 4. The summed E-state index contributed by atoms with van der Waals surface area (Å²) in [5.74, 6) is 0.935. The standard InChI is InChI=1S/C19H10Cl3N5OS2/c20-9-5-13(22)16-25-26-19(27(16)6-9)30-8-14-23-17(28)15-11(7-29-18(15)24-14)10-3-1-2-4-12(10)21/h1-7H,8H2,(H,23,24,28). The van der Waals surface area contributed by atoms with Crippen LogP contribution in [0.4, 0.5) is 0 Å². The summed E-state index contributed by atoms with van der Waals surface area (Å²) in [6.45, 7) is 0. The summed E-state index contributed by atoms with van der Waals surface area (Å²) in [4.78, 5) is 21.0. The van der Waals surface area contributed by atoms with E-state index in [9.17, 15) is 4.79 Å². The Kier molecular flexibility index (Phi) is 5.20. The first kappa shape index (κ1) is 19.8. The Morgan fingerprint density at radius 2 is 1.93 bits per heavy atom. The van der Waals surface area contributed by atoms with Gasteiger partial charge in [-0.25, -0.2) is 4.98 Å². The van der Waals surface area contributed by atoms with E-state index in [1.54, 1.807) is 22.7 Å². The molecule has 150 valence electrons. The fourth-order valence-electron chi connectivity index (χ4n) is 3.07. The molecule has 1 N–H and O–H groups in total. The molecule has 5 rings (SSSR count). The second-order valence-electron chi connectivity index (χ2n) is 6.29. The van der Waals surface area contributed by atoms with Crippen molar-refractivity contribution < 1.29 is 0 Å². The van der Waals surface area contributed by atoms with E-state index in [1.807, 2.05) is 23.6 Å². The van der Waals surface area contributed by atoms with Gasteiger partial charge in [0.2, 0.25) is 0 Å². The van der Waals surface area contributed by atoms with Crippen LogP contribution in [0, 0.1) is 0 Å². The molecule has 5 aromatic rings. The predicted molar refractivity (Wildman–Crippen MR) is 123 cm³/mol. The predicted octanol–water partition coefficient (Wildman–Crippen LogP) is 5.95. The minimum atomic E-state index is -0.205. The molecule has 30 heavy (non-hydrogen) atoms. The number of pyridine rings is 1. The number of nitrogens with one attached hydrogen (secondary N) is 1. The molecule has 0 amide bonds. The Morgan fingerprint density at radius 1 is 1.10 bits per heavy atom. The van der Waals surface area contributed by atoms with Crippen LogP contribution in [0.25, 0.3) is 27.0 Å². The van der Waals surface area contributed by atoms with Crippen LogP contribution >= 0.6 is 57.9 Å². The minimum Gasteiger partial charge on any atom is -0.309 e. The number of halogens is 3. The highest BCUT2D eigenvalue weighted by molar-refractivity contribution is 7.98. The number of aromatic nitrogens is 5. The Labute approximate surface area is 192 Å². The molecule has 0 aliphatic rings. The van der Waals surface area contributed by atoms with Gasteiger partial charge in [-0.2, -0.15) is 0 Å². The first-order valence-electron chi connectivity index (χ1n) is 8.59. The maximum absolute atomic E-state index is 12.8. The first-order chi connectivity index (χ1) is 14.5. The van der Waals surface area contributed by atoms with E-state index in [-0.39, 0.29) is 5.56 Å². The highest BCUT2D eigenvalue weighted by Crippen LogP contribution is 2.35. The van der Waals surface area contributed by atoms with Crippen molar-refractivity contribution in [1.29, 1.82) is 0 Å². The molecule has 0 aliphatic heterocycles. The van der Waals surface area contributed by atoms with Crippen molar-refractivity contribution in [3.63, 3.8) is 0 Å². The van der Waals surface area contributed by atoms with Crippen molar-refractivity contribution in [2.24, 2.45) is 0 Å². The number of thiophene rings is 1. The molecule has 6 nitrogen and oxygen atoms in total. The zero-order valence-electron chi connectivity index (χ0n) is 14.9. The van der Waals surface area contributed by atoms with Crippen LogP contribution < -0.4 is 5.56 Å². The molecule has 0 radical (unpaired) electrons. The van der Waals surface area contributed by atoms with Gasteiger partial charge in [0.15, 0.2) is 10.8 Å². The number of thioether (sulfide) groups is 1. The number of aromatic amines is 1. The molecule has 0 aliphatic carbocycles. The van der Waals surface area contributed by atoms with E-state index in [0.29, 0.717) is 47.7 Å². The van der Waals surface area contributed by atoms with Gasteiger partial charge >= 0.3 is 0 Å². The highest BCUT2D eigenvalue weighted by Gasteiger charge is 2.16. The van der Waals surface area contributed by atoms with Gasteiger partial charge in [-0.15, -0.1) is 21.5 Å². The van der Waals surface area contributed by atoms with Crippen molar-refractivity contribution in [1.82, 2.24) is 24.6 Å². The van der Waals surface area contributed by atoms with Gasteiger partial charge in [0.1, 0.15) is 10.7 Å². The Balaban J connectivity index is 1.48. The average Bonchev–Trinajstić information content (AvgIpc) is 3.31. The SMILES string of the molecule is O=c1[nH]c(CSc2nnc3c(Cl)cc(Cl)cn23)nc2scc(-c3ccccc3Cl)c12. The van der Waals surface area contributed by atoms with Crippen LogP contribution in [-0.2, 0) is 5.75 Å². The number of hydrogen-bond acceptors (Lipinski definition) is 6. The molecule has 0 unspecified atom stereocenters. The largest absolute Gasteiger partial charge is 0.309 e. The maximum Gasteiger partial charge on any atom is 0.260 e. The lowest BCUT2D eigenvalue weighted by atomic mass is 10.1. The van der Waals surface area contributed by atoms with E-state index in [0.717, 1.165) is 11.1 Å². The Morgan fingerprint density at radius 3 is 2.77 bits per heavy atom. The normalized spacial score (nSPS) is 11.6. The molecular formula is C19H10Cl3N5OS2. The van der Waals surface area contributed by atoms with Crippen molar-refractivity contribution >= 4 is 73.8 Å². The number of hydrogen-bond donors (Lipinski definition) is 1. The quantitative estimate of drug-likeness (QED) is 0.313. The summed E-state index contributed by atoms with van der Waals surface area (Å²) >= 11 is 21.3. The molecule has 11 heteroatoms. The molecule has 0 bridgehead atoms. The van der Waals surface area contributed by atoms with Crippen LogP contribution in [0.1, 0.15) is 5.82 Å². The van der Waals surface area contributed by atoms with E-state index in [2.05, 4.69) is 20.2 Å². The molecular weight excluding hydrogens is 485 g/mol. The zero-order valence-corrected chi connectivity index (χ0v) is 18.8. The lowest BCUT2D eigenvalue weighted by molar-refractivity contribution is 0.917. The van der Waals surface area contributed by atoms with Crippen molar-refractivity contribution in [3.05, 3.63) is 73.2 Å². The van der Waals surface area contributed by atoms with Crippen LogP contribution in [-0.4, -0.2) is 24.6 Å². The molecule has 4 heterocycles. The summed E-state index contributed by atoms with van der Waals surface area (Å²) in [5.41, 5.74) is 1.90. The monoisotopic (exact) mass is 493 g/mol. The maximum atomic E-state index is 12.8. The zero-order chi connectivity index (χ0) is 20.8. The Bertz CT molecular complexity index is 1480. The molecule has 0 spiro atoms. The first-order valence-corrected chi connectivity index (χ1v) is 11.6. The third kappa shape index (κ3) is 3.48. The average molecular weight is 495 g/mol. The summed E-state index contributed by atoms with van der Waals surface area (Å²) in [5, 5.41) is 12.8. The summed E-state index contributed by atoms with van der Waals surface area (Å²) in [6.07, 6.45) is 1.69. The van der Waals surface area contributed by atoms with Gasteiger partial charge in [0.05, 0.1) is 21.2 Å². The fourth-order valence-corrected chi connectivity index (χ4v) is 5.56. The summed E-state index contributed by atoms with van der Waals surface area (Å²) < 4.78 is 1.71. The molecule has 1 aromatic carbocycles. The van der Waals surface area contributed by atoms with Crippen LogP contribution in [0.3, 0.4) is 0 Å². The summed E-state index contributed by atoms with van der Waals surface area (Å²) in [7, 11) is 0. The van der Waals surface area contributed by atoms with Crippen LogP contribution in [0.5, 0.6) is 0 Å². The minimum absolute atomic E-state index is 0.205. The van der Waals surface area contributed by atoms with Crippen molar-refractivity contribution in [2.45, 2.75) is 10.9 Å². The molecule has 0 saturated carbocycles. The molecule has 0 fully saturated rings. The second kappa shape index (κ2) is 7.86. The Hall–Kier alpha value is -2.10. The van der Waals surface area contributed by atoms with E-state index < -0.39 is 0 Å². The molecule has 0 atom stereocenters. The van der Waals surface area contributed by atoms with Gasteiger partial charge in [0.25, 0.3) is 5.56 Å². The number of fused-ring (bicyclic) bond motifs is 2. The number of rotatable bonds is 4. The second-order valence-corrected chi connectivity index (χ2v) is 9.34. The van der Waals surface area contributed by atoms with Crippen LogP contribution in [0.2, 0.25) is 15.1 Å². The number of H-pyrrole nitrogens is 1. The van der Waals surface area contributed by atoms with Crippen LogP contribution in [0.15, 0.2) is 51.9 Å².